The molecule has 5 rings (SSSR count). The Bertz CT molecular complexity index is 1400. The number of nitrogens with zero attached hydrogens (tertiary/aromatic N) is 1. The minimum absolute atomic E-state index is 0.147. The fourth-order valence-electron chi connectivity index (χ4n) is 4.34. The number of aromatic amines is 1. The van der Waals surface area contributed by atoms with Crippen LogP contribution in [0.15, 0.2) is 88.6 Å². The van der Waals surface area contributed by atoms with Crippen molar-refractivity contribution in [2.24, 2.45) is 0 Å². The van der Waals surface area contributed by atoms with Crippen LogP contribution in [0.1, 0.15) is 38.5 Å². The quantitative estimate of drug-likeness (QED) is 0.475. The van der Waals surface area contributed by atoms with Crippen LogP contribution in [0.5, 0.6) is 0 Å². The zero-order chi connectivity index (χ0) is 21.5. The van der Waals surface area contributed by atoms with Gasteiger partial charge in [-0.25, -0.2) is 9.59 Å². The van der Waals surface area contributed by atoms with Gasteiger partial charge in [0.15, 0.2) is 0 Å². The van der Waals surface area contributed by atoms with Crippen LogP contribution in [-0.4, -0.2) is 20.6 Å². The first kappa shape index (κ1) is 18.8. The van der Waals surface area contributed by atoms with Gasteiger partial charge in [0.2, 0.25) is 0 Å². The predicted octanol–water partition coefficient (Wildman–Crippen LogP) is 3.44. The van der Waals surface area contributed by atoms with Crippen molar-refractivity contribution in [3.05, 3.63) is 128 Å². The summed E-state index contributed by atoms with van der Waals surface area (Å²) in [5.74, 6) is -1.32. The molecule has 4 aromatic rings. The van der Waals surface area contributed by atoms with Crippen molar-refractivity contribution in [3.8, 4) is 11.1 Å². The van der Waals surface area contributed by atoms with E-state index in [9.17, 15) is 19.5 Å². The standard InChI is InChI=1S/C25H18N2O4/c28-23-21(22-19-10-3-1-8-17(19)18-9-2-4-11-20(18)22)14-27(25(31)26-23)13-15-6-5-7-16(12-15)24(29)30/h1-12,14,22H,13H2,(H,29,30)(H,26,28,31). The van der Waals surface area contributed by atoms with E-state index < -0.39 is 17.2 Å². The zero-order valence-electron chi connectivity index (χ0n) is 16.4. The first-order chi connectivity index (χ1) is 15.0. The van der Waals surface area contributed by atoms with Crippen LogP contribution >= 0.6 is 0 Å². The molecule has 0 spiro atoms. The van der Waals surface area contributed by atoms with Crippen LogP contribution in [0.3, 0.4) is 0 Å². The van der Waals surface area contributed by atoms with Gasteiger partial charge in [-0.05, 0) is 39.9 Å². The smallest absolute Gasteiger partial charge is 0.335 e. The molecule has 1 heterocycles. The molecule has 0 amide bonds. The number of carboxylic acids is 1. The van der Waals surface area contributed by atoms with Crippen LogP contribution in [0.25, 0.3) is 11.1 Å². The molecule has 1 aliphatic carbocycles. The van der Waals surface area contributed by atoms with Gasteiger partial charge in [-0.2, -0.15) is 0 Å². The first-order valence-corrected chi connectivity index (χ1v) is 9.87. The maximum absolute atomic E-state index is 12.8. The highest BCUT2D eigenvalue weighted by Crippen LogP contribution is 2.46. The zero-order valence-corrected chi connectivity index (χ0v) is 16.4. The molecule has 6 heteroatoms. The second kappa shape index (κ2) is 7.25. The molecule has 1 aliphatic rings. The van der Waals surface area contributed by atoms with Crippen LogP contribution in [-0.2, 0) is 6.54 Å². The highest BCUT2D eigenvalue weighted by atomic mass is 16.4. The molecule has 0 radical (unpaired) electrons. The summed E-state index contributed by atoms with van der Waals surface area (Å²) in [5.41, 5.74) is 4.53. The van der Waals surface area contributed by atoms with E-state index in [1.54, 1.807) is 18.3 Å². The van der Waals surface area contributed by atoms with E-state index in [-0.39, 0.29) is 18.0 Å². The molecular formula is C25H18N2O4. The van der Waals surface area contributed by atoms with Gasteiger partial charge in [0.1, 0.15) is 0 Å². The number of hydrogen-bond acceptors (Lipinski definition) is 3. The predicted molar refractivity (Wildman–Crippen MR) is 117 cm³/mol. The summed E-state index contributed by atoms with van der Waals surface area (Å²) in [6, 6.07) is 22.3. The molecular weight excluding hydrogens is 392 g/mol. The molecule has 0 saturated heterocycles. The number of carbonyl (C=O) groups is 1. The average molecular weight is 410 g/mol. The number of aromatic carboxylic acids is 1. The molecule has 0 bridgehead atoms. The highest BCUT2D eigenvalue weighted by Gasteiger charge is 2.31. The number of aromatic nitrogens is 2. The molecule has 0 saturated carbocycles. The maximum Gasteiger partial charge on any atom is 0.335 e. The normalized spacial score (nSPS) is 12.4. The summed E-state index contributed by atoms with van der Waals surface area (Å²) in [5, 5.41) is 9.22. The van der Waals surface area contributed by atoms with Crippen molar-refractivity contribution in [3.63, 3.8) is 0 Å². The second-order valence-corrected chi connectivity index (χ2v) is 7.58. The Morgan fingerprint density at radius 1 is 0.871 bits per heavy atom. The van der Waals surface area contributed by atoms with Crippen LogP contribution in [0.4, 0.5) is 0 Å². The lowest BCUT2D eigenvalue weighted by atomic mass is 9.91. The Labute approximate surface area is 177 Å². The summed E-state index contributed by atoms with van der Waals surface area (Å²) in [7, 11) is 0. The second-order valence-electron chi connectivity index (χ2n) is 7.58. The number of benzene rings is 3. The van der Waals surface area contributed by atoms with E-state index in [1.165, 1.54) is 16.7 Å². The van der Waals surface area contributed by atoms with E-state index in [1.807, 2.05) is 48.5 Å². The third kappa shape index (κ3) is 3.18. The molecule has 3 aromatic carbocycles. The molecule has 0 atom stereocenters. The van der Waals surface area contributed by atoms with Gasteiger partial charge in [0.25, 0.3) is 5.56 Å². The Morgan fingerprint density at radius 3 is 2.16 bits per heavy atom. The van der Waals surface area contributed by atoms with E-state index in [0.29, 0.717) is 11.1 Å². The lowest BCUT2D eigenvalue weighted by molar-refractivity contribution is 0.0696. The first-order valence-electron chi connectivity index (χ1n) is 9.87. The van der Waals surface area contributed by atoms with Crippen molar-refractivity contribution < 1.29 is 9.90 Å². The van der Waals surface area contributed by atoms with Gasteiger partial charge in [0.05, 0.1) is 12.1 Å². The molecule has 31 heavy (non-hydrogen) atoms. The van der Waals surface area contributed by atoms with E-state index in [2.05, 4.69) is 4.98 Å². The van der Waals surface area contributed by atoms with E-state index in [0.717, 1.165) is 22.3 Å². The minimum Gasteiger partial charge on any atom is -0.478 e. The van der Waals surface area contributed by atoms with E-state index >= 15 is 0 Å². The summed E-state index contributed by atoms with van der Waals surface area (Å²) in [4.78, 5) is 39.1. The molecule has 6 nitrogen and oxygen atoms in total. The van der Waals surface area contributed by atoms with Gasteiger partial charge in [-0.3, -0.25) is 14.3 Å². The Morgan fingerprint density at radius 2 is 1.52 bits per heavy atom. The molecule has 152 valence electrons. The lowest BCUT2D eigenvalue weighted by Gasteiger charge is -2.15. The van der Waals surface area contributed by atoms with Gasteiger partial charge in [-0.15, -0.1) is 0 Å². The molecule has 0 fully saturated rings. The monoisotopic (exact) mass is 410 g/mol. The van der Waals surface area contributed by atoms with Crippen LogP contribution in [0.2, 0.25) is 0 Å². The minimum atomic E-state index is -1.03. The molecule has 1 aromatic heterocycles. The summed E-state index contributed by atoms with van der Waals surface area (Å²) in [6.45, 7) is 0.153. The SMILES string of the molecule is O=C(O)c1cccc(Cn2cc(C3c4ccccc4-c4ccccc43)c(=O)[nH]c2=O)c1. The number of hydrogen-bond donors (Lipinski definition) is 2. The lowest BCUT2D eigenvalue weighted by Crippen LogP contribution is -2.33. The topological polar surface area (TPSA) is 92.2 Å². The van der Waals surface area contributed by atoms with Gasteiger partial charge in [-0.1, -0.05) is 60.7 Å². The summed E-state index contributed by atoms with van der Waals surface area (Å²) >= 11 is 0. The highest BCUT2D eigenvalue weighted by molar-refractivity contribution is 5.87. The fourth-order valence-corrected chi connectivity index (χ4v) is 4.34. The summed E-state index contributed by atoms with van der Waals surface area (Å²) < 4.78 is 1.42. The van der Waals surface area contributed by atoms with Crippen LogP contribution < -0.4 is 11.2 Å². The maximum atomic E-state index is 12.8. The van der Waals surface area contributed by atoms with Crippen LogP contribution in [0, 0.1) is 0 Å². The Hall–Kier alpha value is -4.19. The molecule has 0 unspecified atom stereocenters. The third-order valence-corrected chi connectivity index (χ3v) is 5.71. The van der Waals surface area contributed by atoms with Gasteiger partial charge >= 0.3 is 11.7 Å². The van der Waals surface area contributed by atoms with Crippen molar-refractivity contribution in [1.29, 1.82) is 0 Å². The number of H-pyrrole nitrogens is 1. The molecule has 2 N–H and O–H groups in total. The number of fused-ring (bicyclic) bond motifs is 3. The summed E-state index contributed by atoms with van der Waals surface area (Å²) in [6.07, 6.45) is 1.60. The number of nitrogens with one attached hydrogen (secondary N) is 1. The Balaban J connectivity index is 1.64. The van der Waals surface area contributed by atoms with Crippen molar-refractivity contribution >= 4 is 5.97 Å². The fraction of sp³-hybridized carbons (Fsp3) is 0.0800. The number of carboxylic acid groups (broad SMARTS) is 1. The largest absolute Gasteiger partial charge is 0.478 e. The van der Waals surface area contributed by atoms with Gasteiger partial charge in [0, 0.05) is 17.7 Å². The van der Waals surface area contributed by atoms with Crippen molar-refractivity contribution in [2.75, 3.05) is 0 Å². The van der Waals surface area contributed by atoms with E-state index in [4.69, 9.17) is 0 Å². The number of rotatable bonds is 4. The molecule has 0 aliphatic heterocycles. The third-order valence-electron chi connectivity index (χ3n) is 5.71. The Kier molecular flexibility index (Phi) is 4.40. The van der Waals surface area contributed by atoms with Crippen molar-refractivity contribution in [1.82, 2.24) is 9.55 Å². The van der Waals surface area contributed by atoms with Gasteiger partial charge < -0.3 is 5.11 Å². The average Bonchev–Trinajstić information content (AvgIpc) is 3.10. The van der Waals surface area contributed by atoms with Crippen molar-refractivity contribution in [2.45, 2.75) is 12.5 Å².